The van der Waals surface area contributed by atoms with Gasteiger partial charge in [0.15, 0.2) is 5.58 Å². The zero-order valence-electron chi connectivity index (χ0n) is 39.7. The fraction of sp³-hybridized carbons (Fsp3) is 0.200. The molecule has 9 aromatic rings. The molecule has 0 atom stereocenters. The van der Waals surface area contributed by atoms with Gasteiger partial charge in [0.1, 0.15) is 17.1 Å². The maximum absolute atomic E-state index is 7.25. The molecule has 0 unspecified atom stereocenters. The van der Waals surface area contributed by atoms with Crippen LogP contribution < -0.4 is 35.8 Å². The maximum Gasteiger partial charge on any atom is 0.256 e. The molecule has 0 fully saturated rings. The number of benzene rings is 8. The van der Waals surface area contributed by atoms with E-state index in [1.54, 1.807) is 0 Å². The zero-order chi connectivity index (χ0) is 45.8. The lowest BCUT2D eigenvalue weighted by molar-refractivity contribution is 0.483. The highest BCUT2D eigenvalue weighted by Gasteiger charge is 2.44. The summed E-state index contributed by atoms with van der Waals surface area (Å²) >= 11 is 0. The van der Waals surface area contributed by atoms with Crippen LogP contribution in [0.4, 0.5) is 45.5 Å². The largest absolute Gasteiger partial charge is 0.458 e. The molecule has 1 aromatic heterocycles. The van der Waals surface area contributed by atoms with Crippen molar-refractivity contribution in [2.75, 3.05) is 21.7 Å². The lowest BCUT2D eigenvalue weighted by Gasteiger charge is -2.42. The molecule has 5 nitrogen and oxygen atoms in total. The summed E-state index contributed by atoms with van der Waals surface area (Å²) in [6.07, 6.45) is 0. The summed E-state index contributed by atoms with van der Waals surface area (Å²) in [7, 11) is 2.13. The van der Waals surface area contributed by atoms with E-state index in [0.29, 0.717) is 0 Å². The zero-order valence-corrected chi connectivity index (χ0v) is 39.7. The third-order valence-corrected chi connectivity index (χ3v) is 13.8. The van der Waals surface area contributed by atoms with E-state index in [0.717, 1.165) is 89.9 Å². The van der Waals surface area contributed by atoms with Gasteiger partial charge in [0.2, 0.25) is 0 Å². The highest BCUT2D eigenvalue weighted by Crippen LogP contribution is 2.50. The molecular formula is C60H56BN3O2. The van der Waals surface area contributed by atoms with Crippen molar-refractivity contribution in [3.05, 3.63) is 186 Å². The van der Waals surface area contributed by atoms with Crippen LogP contribution in [0.1, 0.15) is 69.4 Å². The number of rotatable bonds is 6. The van der Waals surface area contributed by atoms with Crippen LogP contribution in [-0.4, -0.2) is 13.8 Å². The minimum absolute atomic E-state index is 0.0778. The van der Waals surface area contributed by atoms with Gasteiger partial charge in [-0.1, -0.05) is 131 Å². The summed E-state index contributed by atoms with van der Waals surface area (Å²) in [5, 5.41) is 2.14. The van der Waals surface area contributed by atoms with Gasteiger partial charge in [-0.25, -0.2) is 0 Å². The molecule has 3 heterocycles. The van der Waals surface area contributed by atoms with E-state index < -0.39 is 0 Å². The Bertz CT molecular complexity index is 3310. The molecule has 2 aliphatic rings. The molecule has 8 aromatic carbocycles. The van der Waals surface area contributed by atoms with Crippen LogP contribution in [0, 0.1) is 20.8 Å². The molecule has 66 heavy (non-hydrogen) atoms. The molecule has 11 rings (SSSR count). The maximum atomic E-state index is 7.25. The van der Waals surface area contributed by atoms with Crippen LogP contribution in [0.3, 0.4) is 0 Å². The van der Waals surface area contributed by atoms with E-state index in [4.69, 9.17) is 9.15 Å². The van der Waals surface area contributed by atoms with Crippen LogP contribution in [0.2, 0.25) is 0 Å². The summed E-state index contributed by atoms with van der Waals surface area (Å²) in [5.41, 5.74) is 19.8. The Morgan fingerprint density at radius 3 is 1.71 bits per heavy atom. The number of hydrogen-bond donors (Lipinski definition) is 0. The van der Waals surface area contributed by atoms with Gasteiger partial charge in [-0.3, -0.25) is 0 Å². The van der Waals surface area contributed by atoms with Crippen LogP contribution >= 0.6 is 0 Å². The molecule has 0 radical (unpaired) electrons. The smallest absolute Gasteiger partial charge is 0.256 e. The second-order valence-corrected chi connectivity index (χ2v) is 20.6. The number of ether oxygens (including phenoxy) is 1. The van der Waals surface area contributed by atoms with E-state index in [1.165, 1.54) is 33.3 Å². The summed E-state index contributed by atoms with van der Waals surface area (Å²) in [6.45, 7) is 20.1. The standard InChI is InChI=1S/C60H56BN3O2/c1-37-15-22-42(23-16-37)62(10)45-28-29-49-55(36-45)65-56-33-41(60(7,8)9)32-52-57(56)61(49)50-31-40(59(4,5)6)21-30-51(50)64(52)53-35-46(34-48-47-13-11-12-14-54(47)66-58(48)53)63(43-24-17-38(2)18-25-43)44-26-19-39(3)20-27-44/h11-36H,1-10H3. The first-order chi connectivity index (χ1) is 31.6. The molecule has 326 valence electrons. The van der Waals surface area contributed by atoms with Crippen LogP contribution in [0.25, 0.3) is 21.9 Å². The van der Waals surface area contributed by atoms with Crippen LogP contribution in [0.15, 0.2) is 162 Å². The van der Waals surface area contributed by atoms with Gasteiger partial charge in [-0.2, -0.15) is 0 Å². The Balaban J connectivity index is 1.20. The Morgan fingerprint density at radius 2 is 1.08 bits per heavy atom. The third kappa shape index (κ3) is 6.93. The van der Waals surface area contributed by atoms with Crippen molar-refractivity contribution in [1.82, 2.24) is 0 Å². The number of furan rings is 1. The highest BCUT2D eigenvalue weighted by molar-refractivity contribution is 6.99. The molecule has 0 aliphatic carbocycles. The molecule has 2 aliphatic heterocycles. The van der Waals surface area contributed by atoms with Crippen LogP contribution in [0.5, 0.6) is 11.5 Å². The number of para-hydroxylation sites is 1. The second kappa shape index (κ2) is 15.2. The van der Waals surface area contributed by atoms with Gasteiger partial charge in [0.05, 0.1) is 5.69 Å². The molecule has 0 saturated heterocycles. The van der Waals surface area contributed by atoms with E-state index in [9.17, 15) is 0 Å². The third-order valence-electron chi connectivity index (χ3n) is 13.8. The van der Waals surface area contributed by atoms with E-state index in [1.807, 2.05) is 0 Å². The lowest BCUT2D eigenvalue weighted by atomic mass is 9.34. The molecule has 0 amide bonds. The number of aryl methyl sites for hydroxylation is 3. The number of anilines is 8. The first-order valence-corrected chi connectivity index (χ1v) is 23.2. The quantitative estimate of drug-likeness (QED) is 0.156. The topological polar surface area (TPSA) is 32.1 Å². The van der Waals surface area contributed by atoms with E-state index in [2.05, 4.69) is 242 Å². The van der Waals surface area contributed by atoms with Gasteiger partial charge >= 0.3 is 0 Å². The van der Waals surface area contributed by atoms with Crippen molar-refractivity contribution >= 4 is 90.5 Å². The van der Waals surface area contributed by atoms with Crippen molar-refractivity contribution in [2.24, 2.45) is 0 Å². The number of hydrogen-bond acceptors (Lipinski definition) is 5. The normalized spacial score (nSPS) is 13.1. The Kier molecular flexibility index (Phi) is 9.56. The minimum atomic E-state index is -0.176. The van der Waals surface area contributed by atoms with E-state index >= 15 is 0 Å². The first kappa shape index (κ1) is 41.5. The van der Waals surface area contributed by atoms with Gasteiger partial charge < -0.3 is 23.9 Å². The molecule has 0 bridgehead atoms. The predicted molar refractivity (Wildman–Crippen MR) is 280 cm³/mol. The fourth-order valence-corrected chi connectivity index (χ4v) is 9.95. The van der Waals surface area contributed by atoms with Crippen LogP contribution in [-0.2, 0) is 10.8 Å². The fourth-order valence-electron chi connectivity index (χ4n) is 9.95. The van der Waals surface area contributed by atoms with Crippen molar-refractivity contribution < 1.29 is 9.15 Å². The SMILES string of the molecule is Cc1ccc(N(C)c2ccc3c(c2)Oc2cc(C(C)(C)C)cc4c2B3c2cc(C(C)(C)C)ccc2N4c2cc(N(c3ccc(C)cc3)c3ccc(C)cc3)cc3c2oc2ccccc23)cc1. The second-order valence-electron chi connectivity index (χ2n) is 20.6. The Morgan fingerprint density at radius 1 is 0.470 bits per heavy atom. The summed E-state index contributed by atoms with van der Waals surface area (Å²) in [6, 6.07) is 58.1. The number of nitrogens with zero attached hydrogens (tertiary/aromatic N) is 3. The average molecular weight is 862 g/mol. The molecule has 0 N–H and O–H groups in total. The van der Waals surface area contributed by atoms with Crippen molar-refractivity contribution in [3.63, 3.8) is 0 Å². The van der Waals surface area contributed by atoms with Crippen molar-refractivity contribution in [1.29, 1.82) is 0 Å². The summed E-state index contributed by atoms with van der Waals surface area (Å²) in [4.78, 5) is 7.11. The highest BCUT2D eigenvalue weighted by atomic mass is 16.5. The molecule has 0 saturated carbocycles. The predicted octanol–water partition coefficient (Wildman–Crippen LogP) is 14.7. The van der Waals surface area contributed by atoms with Gasteiger partial charge in [-0.15, -0.1) is 0 Å². The number of fused-ring (bicyclic) bond motifs is 7. The molecular weight excluding hydrogens is 805 g/mol. The van der Waals surface area contributed by atoms with Crippen molar-refractivity contribution in [2.45, 2.75) is 73.1 Å². The summed E-state index contributed by atoms with van der Waals surface area (Å²) in [5.74, 6) is 1.77. The monoisotopic (exact) mass is 861 g/mol. The Labute approximate surface area is 390 Å². The lowest BCUT2D eigenvalue weighted by Crippen LogP contribution is -2.59. The summed E-state index contributed by atoms with van der Waals surface area (Å²) < 4.78 is 14.3. The van der Waals surface area contributed by atoms with Gasteiger partial charge in [0.25, 0.3) is 6.71 Å². The minimum Gasteiger partial charge on any atom is -0.458 e. The molecule has 6 heteroatoms. The van der Waals surface area contributed by atoms with Crippen molar-refractivity contribution in [3.8, 4) is 11.5 Å². The van der Waals surface area contributed by atoms with E-state index in [-0.39, 0.29) is 17.5 Å². The van der Waals surface area contributed by atoms with Gasteiger partial charge in [0, 0.05) is 63.7 Å². The Hall–Kier alpha value is -7.18. The first-order valence-electron chi connectivity index (χ1n) is 23.2. The average Bonchev–Trinajstić information content (AvgIpc) is 3.68. The van der Waals surface area contributed by atoms with Gasteiger partial charge in [-0.05, 0) is 138 Å². The molecule has 0 spiro atoms.